The van der Waals surface area contributed by atoms with Gasteiger partial charge in [-0.3, -0.25) is 13.9 Å². The number of rotatable bonds is 14. The molecule has 0 aliphatic carbocycles. The predicted octanol–water partition coefficient (Wildman–Crippen LogP) is 5.58. The Balaban J connectivity index is 1.81. The fourth-order valence-electron chi connectivity index (χ4n) is 4.82. The Hall–Kier alpha value is -4.70. The van der Waals surface area contributed by atoms with Gasteiger partial charge < -0.3 is 15.0 Å². The maximum absolute atomic E-state index is 14.5. The molecule has 0 spiro atoms. The molecule has 0 fully saturated rings. The van der Waals surface area contributed by atoms with E-state index in [1.807, 2.05) is 50.2 Å². The van der Waals surface area contributed by atoms with Crippen molar-refractivity contribution in [3.63, 3.8) is 0 Å². The van der Waals surface area contributed by atoms with E-state index in [1.165, 1.54) is 36.3 Å². The third-order valence-corrected chi connectivity index (χ3v) is 9.27. The van der Waals surface area contributed by atoms with Gasteiger partial charge in [-0.25, -0.2) is 12.8 Å². The van der Waals surface area contributed by atoms with Crippen molar-refractivity contribution in [3.05, 3.63) is 126 Å². The van der Waals surface area contributed by atoms with Gasteiger partial charge in [0.15, 0.2) is 0 Å². The van der Waals surface area contributed by atoms with Crippen LogP contribution in [-0.4, -0.2) is 50.9 Å². The minimum absolute atomic E-state index is 0.00407. The van der Waals surface area contributed by atoms with Crippen molar-refractivity contribution in [2.75, 3.05) is 18.0 Å². The quantitative estimate of drug-likeness (QED) is 0.196. The molecule has 0 aromatic heterocycles. The molecule has 0 aliphatic rings. The standard InChI is InChI=1S/C35H38FN3O5S/c1-4-26(2)37-35(41)33(23-27-12-7-5-8-13-27)38(24-28-14-11-15-31(22-28)44-3)34(40)25-39(30-20-18-29(36)19-21-30)45(42,43)32-16-9-6-10-17-32/h5-22,26,33H,4,23-25H2,1-3H3,(H,37,41)/t26-,33+/m0/s1. The van der Waals surface area contributed by atoms with E-state index in [2.05, 4.69) is 5.32 Å². The molecule has 236 valence electrons. The van der Waals surface area contributed by atoms with E-state index in [0.717, 1.165) is 22.0 Å². The van der Waals surface area contributed by atoms with Gasteiger partial charge in [0.05, 0.1) is 17.7 Å². The Morgan fingerprint density at radius 2 is 1.49 bits per heavy atom. The van der Waals surface area contributed by atoms with Crippen molar-refractivity contribution in [1.82, 2.24) is 10.2 Å². The Kier molecular flexibility index (Phi) is 11.3. The van der Waals surface area contributed by atoms with E-state index in [1.54, 1.807) is 36.4 Å². The van der Waals surface area contributed by atoms with Crippen LogP contribution in [0.15, 0.2) is 114 Å². The number of hydrogen-bond donors (Lipinski definition) is 1. The Morgan fingerprint density at radius 3 is 2.11 bits per heavy atom. The molecule has 0 saturated heterocycles. The summed E-state index contributed by atoms with van der Waals surface area (Å²) in [5.41, 5.74) is 1.63. The maximum Gasteiger partial charge on any atom is 0.264 e. The Labute approximate surface area is 264 Å². The van der Waals surface area contributed by atoms with E-state index in [-0.39, 0.29) is 35.5 Å². The van der Waals surface area contributed by atoms with Gasteiger partial charge in [0.1, 0.15) is 24.2 Å². The number of methoxy groups -OCH3 is 1. The minimum atomic E-state index is -4.26. The molecule has 0 radical (unpaired) electrons. The molecular weight excluding hydrogens is 593 g/mol. The van der Waals surface area contributed by atoms with E-state index < -0.39 is 34.3 Å². The first-order valence-electron chi connectivity index (χ1n) is 14.7. The first-order valence-corrected chi connectivity index (χ1v) is 16.2. The van der Waals surface area contributed by atoms with E-state index in [4.69, 9.17) is 4.74 Å². The predicted molar refractivity (Wildman–Crippen MR) is 173 cm³/mol. The molecule has 4 rings (SSSR count). The van der Waals surface area contributed by atoms with Gasteiger partial charge in [0, 0.05) is 19.0 Å². The SMILES string of the molecule is CC[C@H](C)NC(=O)[C@@H](Cc1ccccc1)N(Cc1cccc(OC)c1)C(=O)CN(c1ccc(F)cc1)S(=O)(=O)c1ccccc1. The highest BCUT2D eigenvalue weighted by molar-refractivity contribution is 7.92. The lowest BCUT2D eigenvalue weighted by Gasteiger charge is -2.34. The van der Waals surface area contributed by atoms with Gasteiger partial charge in [-0.2, -0.15) is 0 Å². The minimum Gasteiger partial charge on any atom is -0.497 e. The fraction of sp³-hybridized carbons (Fsp3) is 0.257. The van der Waals surface area contributed by atoms with Crippen LogP contribution >= 0.6 is 0 Å². The number of nitrogens with one attached hydrogen (secondary N) is 1. The van der Waals surface area contributed by atoms with Gasteiger partial charge in [-0.1, -0.05) is 67.6 Å². The molecule has 10 heteroatoms. The first-order chi connectivity index (χ1) is 21.6. The third-order valence-electron chi connectivity index (χ3n) is 7.48. The van der Waals surface area contributed by atoms with E-state index in [0.29, 0.717) is 17.7 Å². The maximum atomic E-state index is 14.5. The lowest BCUT2D eigenvalue weighted by molar-refractivity contribution is -0.140. The van der Waals surface area contributed by atoms with Crippen LogP contribution < -0.4 is 14.4 Å². The highest BCUT2D eigenvalue weighted by atomic mass is 32.2. The van der Waals surface area contributed by atoms with Crippen molar-refractivity contribution in [2.45, 2.75) is 50.2 Å². The summed E-state index contributed by atoms with van der Waals surface area (Å²) in [6.45, 7) is 3.21. The van der Waals surface area contributed by atoms with Crippen molar-refractivity contribution < 1.29 is 27.1 Å². The number of anilines is 1. The monoisotopic (exact) mass is 631 g/mol. The first kappa shape index (κ1) is 33.2. The molecule has 4 aromatic carbocycles. The number of carbonyl (C=O) groups is 2. The topological polar surface area (TPSA) is 96.0 Å². The highest BCUT2D eigenvalue weighted by Gasteiger charge is 2.35. The molecular formula is C35H38FN3O5S. The summed E-state index contributed by atoms with van der Waals surface area (Å²) in [6.07, 6.45) is 0.877. The molecule has 0 bridgehead atoms. The Morgan fingerprint density at radius 1 is 0.867 bits per heavy atom. The molecule has 0 saturated carbocycles. The van der Waals surface area contributed by atoms with Gasteiger partial charge in [-0.15, -0.1) is 0 Å². The average molecular weight is 632 g/mol. The smallest absolute Gasteiger partial charge is 0.264 e. The summed E-state index contributed by atoms with van der Waals surface area (Å²) < 4.78 is 48.2. The zero-order valence-corrected chi connectivity index (χ0v) is 26.4. The zero-order valence-electron chi connectivity index (χ0n) is 25.6. The van der Waals surface area contributed by atoms with Crippen LogP contribution in [0.25, 0.3) is 0 Å². The van der Waals surface area contributed by atoms with Gasteiger partial charge >= 0.3 is 0 Å². The van der Waals surface area contributed by atoms with Gasteiger partial charge in [0.25, 0.3) is 10.0 Å². The number of nitrogens with zero attached hydrogens (tertiary/aromatic N) is 2. The molecule has 8 nitrogen and oxygen atoms in total. The second kappa shape index (κ2) is 15.3. The molecule has 2 atom stereocenters. The summed E-state index contributed by atoms with van der Waals surface area (Å²) in [7, 11) is -2.73. The van der Waals surface area contributed by atoms with Crippen LogP contribution in [-0.2, 0) is 32.6 Å². The second-order valence-corrected chi connectivity index (χ2v) is 12.6. The fourth-order valence-corrected chi connectivity index (χ4v) is 6.25. The third kappa shape index (κ3) is 8.69. The van der Waals surface area contributed by atoms with Gasteiger partial charge in [0.2, 0.25) is 11.8 Å². The van der Waals surface area contributed by atoms with E-state index in [9.17, 15) is 22.4 Å². The van der Waals surface area contributed by atoms with Crippen molar-refractivity contribution >= 4 is 27.5 Å². The zero-order chi connectivity index (χ0) is 32.4. The van der Waals surface area contributed by atoms with Crippen molar-refractivity contribution in [3.8, 4) is 5.75 Å². The second-order valence-electron chi connectivity index (χ2n) is 10.7. The van der Waals surface area contributed by atoms with Crippen LogP contribution in [0.5, 0.6) is 5.75 Å². The summed E-state index contributed by atoms with van der Waals surface area (Å²) in [5, 5.41) is 3.01. The molecule has 0 aliphatic heterocycles. The average Bonchev–Trinajstić information content (AvgIpc) is 3.06. The van der Waals surface area contributed by atoms with Crippen molar-refractivity contribution in [2.24, 2.45) is 0 Å². The number of carbonyl (C=O) groups excluding carboxylic acids is 2. The largest absolute Gasteiger partial charge is 0.497 e. The summed E-state index contributed by atoms with van der Waals surface area (Å²) in [4.78, 5) is 29.7. The van der Waals surface area contributed by atoms with Crippen molar-refractivity contribution in [1.29, 1.82) is 0 Å². The number of halogens is 1. The number of amides is 2. The summed E-state index contributed by atoms with van der Waals surface area (Å²) >= 11 is 0. The number of ether oxygens (including phenoxy) is 1. The van der Waals surface area contributed by atoms with Crippen LogP contribution in [0.4, 0.5) is 10.1 Å². The molecule has 1 N–H and O–H groups in total. The van der Waals surface area contributed by atoms with E-state index >= 15 is 0 Å². The number of hydrogen-bond acceptors (Lipinski definition) is 5. The molecule has 45 heavy (non-hydrogen) atoms. The lowest BCUT2D eigenvalue weighted by Crippen LogP contribution is -2.54. The normalized spacial score (nSPS) is 12.5. The van der Waals surface area contributed by atoms with Crippen LogP contribution in [0.1, 0.15) is 31.4 Å². The van der Waals surface area contributed by atoms with Crippen LogP contribution in [0.2, 0.25) is 0 Å². The number of benzene rings is 4. The summed E-state index contributed by atoms with van der Waals surface area (Å²) in [5.74, 6) is -0.944. The Bertz CT molecular complexity index is 1670. The molecule has 0 unspecified atom stereocenters. The summed E-state index contributed by atoms with van der Waals surface area (Å²) in [6, 6.07) is 28.0. The molecule has 2 amide bonds. The lowest BCUT2D eigenvalue weighted by atomic mass is 10.0. The van der Waals surface area contributed by atoms with Crippen LogP contribution in [0, 0.1) is 5.82 Å². The molecule has 4 aromatic rings. The highest BCUT2D eigenvalue weighted by Crippen LogP contribution is 2.26. The van der Waals surface area contributed by atoms with Gasteiger partial charge in [-0.05, 0) is 73.0 Å². The number of sulfonamides is 1. The van der Waals surface area contributed by atoms with Crippen LogP contribution in [0.3, 0.4) is 0 Å². The molecule has 0 heterocycles.